The van der Waals surface area contributed by atoms with Gasteiger partial charge in [-0.1, -0.05) is 12.2 Å². The van der Waals surface area contributed by atoms with Gasteiger partial charge < -0.3 is 19.5 Å². The molecule has 0 spiro atoms. The molecule has 29 heavy (non-hydrogen) atoms. The second-order valence-electron chi connectivity index (χ2n) is 8.22. The fourth-order valence-electron chi connectivity index (χ4n) is 4.57. The van der Waals surface area contributed by atoms with Crippen molar-refractivity contribution in [2.24, 2.45) is 0 Å². The summed E-state index contributed by atoms with van der Waals surface area (Å²) < 4.78 is 5.61. The van der Waals surface area contributed by atoms with E-state index in [1.165, 1.54) is 18.4 Å². The highest BCUT2D eigenvalue weighted by Gasteiger charge is 2.31. The minimum absolute atomic E-state index is 0.00946. The summed E-state index contributed by atoms with van der Waals surface area (Å²) in [5.74, 6) is 1.10. The number of urea groups is 1. The van der Waals surface area contributed by atoms with Crippen molar-refractivity contribution in [3.05, 3.63) is 49.0 Å². The first-order valence-electron chi connectivity index (χ1n) is 10.9. The van der Waals surface area contributed by atoms with Crippen molar-refractivity contribution in [1.82, 2.24) is 20.0 Å². The molecular formula is C23H36N4O2. The topological polar surface area (TPSA) is 52.0 Å². The number of furan rings is 1. The normalized spacial score (nSPS) is 19.8. The van der Waals surface area contributed by atoms with Crippen LogP contribution < -0.4 is 5.32 Å². The Morgan fingerprint density at radius 1 is 1.21 bits per heavy atom. The van der Waals surface area contributed by atoms with Crippen molar-refractivity contribution in [3.63, 3.8) is 0 Å². The molecule has 3 rings (SSSR count). The molecule has 0 aliphatic carbocycles. The lowest BCUT2D eigenvalue weighted by Gasteiger charge is -2.43. The number of likely N-dealkylation sites (tertiary alicyclic amines) is 2. The number of aryl methyl sites for hydroxylation is 1. The van der Waals surface area contributed by atoms with Gasteiger partial charge >= 0.3 is 6.03 Å². The zero-order valence-electron chi connectivity index (χ0n) is 17.8. The molecule has 6 nitrogen and oxygen atoms in total. The molecule has 0 atom stereocenters. The van der Waals surface area contributed by atoms with Gasteiger partial charge in [0.15, 0.2) is 0 Å². The molecule has 0 aromatic carbocycles. The van der Waals surface area contributed by atoms with Crippen LogP contribution >= 0.6 is 0 Å². The summed E-state index contributed by atoms with van der Waals surface area (Å²) >= 11 is 0. The van der Waals surface area contributed by atoms with Crippen LogP contribution in [-0.4, -0.2) is 72.1 Å². The van der Waals surface area contributed by atoms with Gasteiger partial charge in [-0.3, -0.25) is 4.90 Å². The summed E-state index contributed by atoms with van der Waals surface area (Å²) in [6.45, 7) is 16.0. The molecular weight excluding hydrogens is 364 g/mol. The molecule has 1 aromatic rings. The SMILES string of the molecule is C=CCNC(=O)N(CC=C)C1CCN(C2CCN(Cc3occc3C)CC2)CC1. The predicted octanol–water partition coefficient (Wildman–Crippen LogP) is 3.40. The van der Waals surface area contributed by atoms with E-state index >= 15 is 0 Å². The first-order chi connectivity index (χ1) is 14.1. The minimum Gasteiger partial charge on any atom is -0.468 e. The number of rotatable bonds is 8. The Hall–Kier alpha value is -2.05. The van der Waals surface area contributed by atoms with E-state index in [4.69, 9.17) is 4.42 Å². The average Bonchev–Trinajstić information content (AvgIpc) is 3.15. The van der Waals surface area contributed by atoms with Crippen LogP contribution in [0, 0.1) is 6.92 Å². The third kappa shape index (κ3) is 5.73. The maximum atomic E-state index is 12.5. The van der Waals surface area contributed by atoms with Gasteiger partial charge in [-0.15, -0.1) is 13.2 Å². The third-order valence-electron chi connectivity index (χ3n) is 6.33. The van der Waals surface area contributed by atoms with Crippen LogP contribution in [-0.2, 0) is 6.54 Å². The van der Waals surface area contributed by atoms with Crippen molar-refractivity contribution in [3.8, 4) is 0 Å². The van der Waals surface area contributed by atoms with Crippen molar-refractivity contribution in [2.75, 3.05) is 39.3 Å². The number of carbonyl (C=O) groups is 1. The van der Waals surface area contributed by atoms with Gasteiger partial charge in [0.2, 0.25) is 0 Å². The highest BCUT2D eigenvalue weighted by molar-refractivity contribution is 5.74. The molecule has 2 aliphatic heterocycles. The zero-order valence-corrected chi connectivity index (χ0v) is 17.8. The van der Waals surface area contributed by atoms with E-state index < -0.39 is 0 Å². The Bertz CT molecular complexity index is 670. The highest BCUT2D eigenvalue weighted by atomic mass is 16.3. The van der Waals surface area contributed by atoms with E-state index in [9.17, 15) is 4.79 Å². The molecule has 2 amide bonds. The molecule has 3 heterocycles. The second-order valence-corrected chi connectivity index (χ2v) is 8.22. The van der Waals surface area contributed by atoms with Gasteiger partial charge in [0.05, 0.1) is 12.8 Å². The minimum atomic E-state index is -0.00946. The Labute approximate surface area is 175 Å². The van der Waals surface area contributed by atoms with Crippen molar-refractivity contribution < 1.29 is 9.21 Å². The zero-order chi connectivity index (χ0) is 20.6. The molecule has 0 unspecified atom stereocenters. The Balaban J connectivity index is 1.44. The van der Waals surface area contributed by atoms with Crippen LogP contribution in [0.3, 0.4) is 0 Å². The van der Waals surface area contributed by atoms with E-state index in [-0.39, 0.29) is 12.1 Å². The maximum absolute atomic E-state index is 12.5. The quantitative estimate of drug-likeness (QED) is 0.680. The number of hydrogen-bond acceptors (Lipinski definition) is 4. The van der Waals surface area contributed by atoms with E-state index in [1.54, 1.807) is 12.3 Å². The second kappa shape index (κ2) is 10.6. The van der Waals surface area contributed by atoms with Gasteiger partial charge in [0, 0.05) is 51.4 Å². The van der Waals surface area contributed by atoms with E-state index in [0.29, 0.717) is 19.1 Å². The molecule has 1 N–H and O–H groups in total. The van der Waals surface area contributed by atoms with E-state index in [0.717, 1.165) is 51.3 Å². The standard InChI is InChI=1S/C23H36N4O2/c1-4-11-24-23(28)27(12-5-2)21-8-15-26(16-9-21)20-6-13-25(14-7-20)18-22-19(3)10-17-29-22/h4-5,10,17,20-21H,1-2,6-9,11-16,18H2,3H3,(H,24,28). The Morgan fingerprint density at radius 2 is 1.93 bits per heavy atom. The fourth-order valence-corrected chi connectivity index (χ4v) is 4.57. The summed E-state index contributed by atoms with van der Waals surface area (Å²) in [4.78, 5) is 19.5. The highest BCUT2D eigenvalue weighted by Crippen LogP contribution is 2.24. The first-order valence-corrected chi connectivity index (χ1v) is 10.9. The molecule has 0 bridgehead atoms. The number of nitrogens with zero attached hydrogens (tertiary/aromatic N) is 3. The molecule has 0 saturated carbocycles. The average molecular weight is 401 g/mol. The lowest BCUT2D eigenvalue weighted by molar-refractivity contribution is 0.0621. The molecule has 0 radical (unpaired) electrons. The molecule has 160 valence electrons. The van der Waals surface area contributed by atoms with Crippen LogP contribution in [0.4, 0.5) is 4.79 Å². The Morgan fingerprint density at radius 3 is 2.52 bits per heavy atom. The number of amides is 2. The predicted molar refractivity (Wildman–Crippen MR) is 117 cm³/mol. The number of nitrogens with one attached hydrogen (secondary N) is 1. The monoisotopic (exact) mass is 400 g/mol. The molecule has 2 saturated heterocycles. The van der Waals surface area contributed by atoms with Gasteiger partial charge in [-0.2, -0.15) is 0 Å². The van der Waals surface area contributed by atoms with Gasteiger partial charge in [-0.05, 0) is 44.2 Å². The summed E-state index contributed by atoms with van der Waals surface area (Å²) in [6, 6.07) is 2.98. The lowest BCUT2D eigenvalue weighted by atomic mass is 9.97. The molecule has 2 fully saturated rings. The van der Waals surface area contributed by atoms with Crippen LogP contribution in [0.25, 0.3) is 0 Å². The van der Waals surface area contributed by atoms with Gasteiger partial charge in [-0.25, -0.2) is 4.79 Å². The Kier molecular flexibility index (Phi) is 7.95. The van der Waals surface area contributed by atoms with Crippen LogP contribution in [0.2, 0.25) is 0 Å². The number of hydrogen-bond donors (Lipinski definition) is 1. The van der Waals surface area contributed by atoms with Crippen molar-refractivity contribution >= 4 is 6.03 Å². The third-order valence-corrected chi connectivity index (χ3v) is 6.33. The molecule has 6 heteroatoms. The van der Waals surface area contributed by atoms with Crippen LogP contribution in [0.5, 0.6) is 0 Å². The fraction of sp³-hybridized carbons (Fsp3) is 0.609. The first kappa shape index (κ1) is 21.7. The van der Waals surface area contributed by atoms with Crippen molar-refractivity contribution in [1.29, 1.82) is 0 Å². The number of carbonyl (C=O) groups excluding carboxylic acids is 1. The van der Waals surface area contributed by atoms with Crippen molar-refractivity contribution in [2.45, 2.75) is 51.2 Å². The van der Waals surface area contributed by atoms with Crippen LogP contribution in [0.15, 0.2) is 42.1 Å². The number of piperidine rings is 2. The summed E-state index contributed by atoms with van der Waals surface area (Å²) in [6.07, 6.45) is 9.79. The lowest BCUT2D eigenvalue weighted by Crippen LogP contribution is -2.53. The van der Waals surface area contributed by atoms with E-state index in [1.807, 2.05) is 17.0 Å². The summed E-state index contributed by atoms with van der Waals surface area (Å²) in [7, 11) is 0. The molecule has 2 aliphatic rings. The van der Waals surface area contributed by atoms with E-state index in [2.05, 4.69) is 35.2 Å². The summed E-state index contributed by atoms with van der Waals surface area (Å²) in [5, 5.41) is 2.91. The molecule has 1 aromatic heterocycles. The maximum Gasteiger partial charge on any atom is 0.318 e. The van der Waals surface area contributed by atoms with Gasteiger partial charge in [0.25, 0.3) is 0 Å². The largest absolute Gasteiger partial charge is 0.468 e. The smallest absolute Gasteiger partial charge is 0.318 e. The van der Waals surface area contributed by atoms with Crippen LogP contribution in [0.1, 0.15) is 37.0 Å². The van der Waals surface area contributed by atoms with Gasteiger partial charge in [0.1, 0.15) is 5.76 Å². The summed E-state index contributed by atoms with van der Waals surface area (Å²) in [5.41, 5.74) is 1.25.